The molecule has 5 nitrogen and oxygen atoms in total. The molecule has 0 radical (unpaired) electrons. The molecule has 1 aromatic heterocycles. The van der Waals surface area contributed by atoms with Crippen molar-refractivity contribution >= 4 is 28.9 Å². The summed E-state index contributed by atoms with van der Waals surface area (Å²) < 4.78 is 5.42. The van der Waals surface area contributed by atoms with E-state index < -0.39 is 0 Å². The van der Waals surface area contributed by atoms with Crippen molar-refractivity contribution in [3.05, 3.63) is 47.2 Å². The van der Waals surface area contributed by atoms with Crippen molar-refractivity contribution < 1.29 is 9.53 Å². The van der Waals surface area contributed by atoms with Gasteiger partial charge in [0.05, 0.1) is 18.5 Å². The van der Waals surface area contributed by atoms with Gasteiger partial charge in [-0.2, -0.15) is 0 Å². The minimum Gasteiger partial charge on any atom is -0.493 e. The number of benzene rings is 1. The van der Waals surface area contributed by atoms with E-state index >= 15 is 0 Å². The molecule has 0 fully saturated rings. The lowest BCUT2D eigenvalue weighted by molar-refractivity contribution is 0.102. The Kier molecular flexibility index (Phi) is 4.42. The Hall–Kier alpha value is -2.27. The number of nitrogens with zero attached hydrogens (tertiary/aromatic N) is 1. The number of anilines is 2. The molecule has 1 heterocycles. The number of amides is 1. The lowest BCUT2D eigenvalue weighted by atomic mass is 10.1. The summed E-state index contributed by atoms with van der Waals surface area (Å²) >= 11 is 5.69. The summed E-state index contributed by atoms with van der Waals surface area (Å²) in [6.45, 7) is 2.29. The number of ether oxygens (including phenoxy) is 1. The molecule has 1 aromatic carbocycles. The van der Waals surface area contributed by atoms with Gasteiger partial charge in [0, 0.05) is 5.69 Å². The molecule has 2 aromatic rings. The van der Waals surface area contributed by atoms with Crippen LogP contribution < -0.4 is 15.8 Å². The number of halogens is 1. The third-order valence-corrected chi connectivity index (χ3v) is 2.79. The van der Waals surface area contributed by atoms with Crippen molar-refractivity contribution in [2.75, 3.05) is 17.7 Å². The van der Waals surface area contributed by atoms with Gasteiger partial charge in [0.2, 0.25) is 0 Å². The van der Waals surface area contributed by atoms with Crippen LogP contribution in [0.2, 0.25) is 5.15 Å². The van der Waals surface area contributed by atoms with Gasteiger partial charge in [0.15, 0.2) is 0 Å². The molecule has 0 bridgehead atoms. The average molecular weight is 292 g/mol. The van der Waals surface area contributed by atoms with Crippen molar-refractivity contribution in [2.45, 2.75) is 6.92 Å². The quantitative estimate of drug-likeness (QED) is 0.670. The molecule has 0 aliphatic heterocycles. The average Bonchev–Trinajstić information content (AvgIpc) is 2.42. The second-order valence-electron chi connectivity index (χ2n) is 3.98. The van der Waals surface area contributed by atoms with Crippen LogP contribution in [0.3, 0.4) is 0 Å². The molecule has 0 aliphatic carbocycles. The maximum absolute atomic E-state index is 12.3. The summed E-state index contributed by atoms with van der Waals surface area (Å²) in [4.78, 5) is 16.2. The van der Waals surface area contributed by atoms with Gasteiger partial charge in [-0.3, -0.25) is 4.79 Å². The fourth-order valence-corrected chi connectivity index (χ4v) is 1.82. The van der Waals surface area contributed by atoms with Crippen molar-refractivity contribution in [3.63, 3.8) is 0 Å². The summed E-state index contributed by atoms with van der Waals surface area (Å²) in [7, 11) is 0. The largest absolute Gasteiger partial charge is 0.493 e. The minimum absolute atomic E-state index is 0.310. The number of nitrogens with two attached hydrogens (primary N) is 1. The third-order valence-electron chi connectivity index (χ3n) is 2.57. The number of hydrogen-bond acceptors (Lipinski definition) is 4. The third kappa shape index (κ3) is 3.19. The van der Waals surface area contributed by atoms with Gasteiger partial charge in [-0.25, -0.2) is 4.98 Å². The Balaban J connectivity index is 2.26. The number of carbonyl (C=O) groups excluding carboxylic acids is 1. The normalized spacial score (nSPS) is 10.1. The predicted molar refractivity (Wildman–Crippen MR) is 79.2 cm³/mol. The zero-order valence-corrected chi connectivity index (χ0v) is 11.6. The van der Waals surface area contributed by atoms with Gasteiger partial charge >= 0.3 is 0 Å². The first-order valence-corrected chi connectivity index (χ1v) is 6.43. The van der Waals surface area contributed by atoms with E-state index in [1.54, 1.807) is 30.3 Å². The fraction of sp³-hybridized carbons (Fsp3) is 0.143. The second kappa shape index (κ2) is 6.25. The van der Waals surface area contributed by atoms with E-state index in [9.17, 15) is 4.79 Å². The van der Waals surface area contributed by atoms with Crippen molar-refractivity contribution in [2.24, 2.45) is 0 Å². The first kappa shape index (κ1) is 14.1. The van der Waals surface area contributed by atoms with E-state index in [0.717, 1.165) is 0 Å². The summed E-state index contributed by atoms with van der Waals surface area (Å²) in [6.07, 6.45) is 1.47. The number of rotatable bonds is 4. The maximum atomic E-state index is 12.3. The Labute approximate surface area is 121 Å². The second-order valence-corrected chi connectivity index (χ2v) is 4.36. The van der Waals surface area contributed by atoms with Gasteiger partial charge in [-0.05, 0) is 31.2 Å². The van der Waals surface area contributed by atoms with Crippen LogP contribution in [0.4, 0.5) is 11.4 Å². The van der Waals surface area contributed by atoms with Crippen LogP contribution in [0.1, 0.15) is 17.3 Å². The number of aromatic nitrogens is 1. The molecule has 0 aliphatic rings. The molecule has 1 amide bonds. The molecule has 20 heavy (non-hydrogen) atoms. The molecule has 0 unspecified atom stereocenters. The van der Waals surface area contributed by atoms with Gasteiger partial charge in [-0.1, -0.05) is 17.7 Å². The SMILES string of the molecule is CCOc1cccc(N)c1C(=O)Nc1ccc(Cl)nc1. The monoisotopic (exact) mass is 291 g/mol. The van der Waals surface area contributed by atoms with Crippen LogP contribution in [0.15, 0.2) is 36.5 Å². The lowest BCUT2D eigenvalue weighted by Gasteiger charge is -2.12. The smallest absolute Gasteiger partial charge is 0.261 e. The lowest BCUT2D eigenvalue weighted by Crippen LogP contribution is -2.16. The van der Waals surface area contributed by atoms with Gasteiger partial charge in [0.1, 0.15) is 16.5 Å². The van der Waals surface area contributed by atoms with Gasteiger partial charge in [-0.15, -0.1) is 0 Å². The van der Waals surface area contributed by atoms with Crippen LogP contribution in [0.25, 0.3) is 0 Å². The Morgan fingerprint density at radius 2 is 2.20 bits per heavy atom. The van der Waals surface area contributed by atoms with Gasteiger partial charge in [0.25, 0.3) is 5.91 Å². The molecular formula is C14H14ClN3O2. The van der Waals surface area contributed by atoms with E-state index in [-0.39, 0.29) is 5.91 Å². The molecule has 104 valence electrons. The summed E-state index contributed by atoms with van der Waals surface area (Å²) in [5.74, 6) is 0.0996. The number of nitrogen functional groups attached to an aromatic ring is 1. The molecule has 0 saturated carbocycles. The number of carbonyl (C=O) groups is 1. The van der Waals surface area contributed by atoms with Crippen molar-refractivity contribution in [3.8, 4) is 5.75 Å². The van der Waals surface area contributed by atoms with Crippen molar-refractivity contribution in [1.82, 2.24) is 4.98 Å². The summed E-state index contributed by atoms with van der Waals surface area (Å²) in [5, 5.41) is 3.06. The molecule has 0 saturated heterocycles. The topological polar surface area (TPSA) is 77.2 Å². The molecule has 6 heteroatoms. The highest BCUT2D eigenvalue weighted by Gasteiger charge is 2.16. The van der Waals surface area contributed by atoms with Crippen LogP contribution in [-0.4, -0.2) is 17.5 Å². The Morgan fingerprint density at radius 1 is 1.40 bits per heavy atom. The van der Waals surface area contributed by atoms with Crippen LogP contribution >= 0.6 is 11.6 Å². The number of pyridine rings is 1. The van der Waals surface area contributed by atoms with Crippen LogP contribution in [0, 0.1) is 0 Å². The zero-order valence-electron chi connectivity index (χ0n) is 10.9. The maximum Gasteiger partial charge on any atom is 0.261 e. The van der Waals surface area contributed by atoms with Crippen LogP contribution in [0.5, 0.6) is 5.75 Å². The number of nitrogens with one attached hydrogen (secondary N) is 1. The van der Waals surface area contributed by atoms with E-state index in [1.165, 1.54) is 6.20 Å². The first-order valence-electron chi connectivity index (χ1n) is 6.06. The Bertz CT molecular complexity index is 614. The molecule has 0 atom stereocenters. The highest BCUT2D eigenvalue weighted by atomic mass is 35.5. The highest BCUT2D eigenvalue weighted by molar-refractivity contribution is 6.29. The van der Waals surface area contributed by atoms with E-state index in [2.05, 4.69) is 10.3 Å². The minimum atomic E-state index is -0.351. The zero-order chi connectivity index (χ0) is 14.5. The molecule has 3 N–H and O–H groups in total. The van der Waals surface area contributed by atoms with E-state index in [1.807, 2.05) is 6.92 Å². The molecule has 2 rings (SSSR count). The summed E-state index contributed by atoms with van der Waals surface area (Å²) in [5.41, 5.74) is 7.05. The Morgan fingerprint density at radius 3 is 2.85 bits per heavy atom. The summed E-state index contributed by atoms with van der Waals surface area (Å²) in [6, 6.07) is 8.34. The standard InChI is InChI=1S/C14H14ClN3O2/c1-2-20-11-5-3-4-10(16)13(11)14(19)18-9-6-7-12(15)17-8-9/h3-8H,2,16H2,1H3,(H,18,19). The highest BCUT2D eigenvalue weighted by Crippen LogP contribution is 2.25. The fourth-order valence-electron chi connectivity index (χ4n) is 1.71. The van der Waals surface area contributed by atoms with Crippen LogP contribution in [-0.2, 0) is 0 Å². The van der Waals surface area contributed by atoms with E-state index in [0.29, 0.717) is 34.4 Å². The first-order chi connectivity index (χ1) is 9.61. The van der Waals surface area contributed by atoms with E-state index in [4.69, 9.17) is 22.1 Å². The van der Waals surface area contributed by atoms with Crippen molar-refractivity contribution in [1.29, 1.82) is 0 Å². The molecule has 0 spiro atoms. The molecular weight excluding hydrogens is 278 g/mol. The van der Waals surface area contributed by atoms with Gasteiger partial charge < -0.3 is 15.8 Å². The predicted octanol–water partition coefficient (Wildman–Crippen LogP) is 2.97. The number of hydrogen-bond donors (Lipinski definition) is 2.